The Kier molecular flexibility index (Phi) is 4.57. The molecule has 1 saturated heterocycles. The first-order valence-corrected chi connectivity index (χ1v) is 8.89. The van der Waals surface area contributed by atoms with Crippen LogP contribution in [0.1, 0.15) is 19.8 Å². The number of aromatic nitrogens is 3. The van der Waals surface area contributed by atoms with Crippen molar-refractivity contribution in [2.24, 2.45) is 0 Å². The first-order chi connectivity index (χ1) is 12.3. The van der Waals surface area contributed by atoms with E-state index < -0.39 is 0 Å². The van der Waals surface area contributed by atoms with Gasteiger partial charge in [-0.25, -0.2) is 9.97 Å². The minimum Gasteiger partial charge on any atom is -0.376 e. The third-order valence-corrected chi connectivity index (χ3v) is 4.63. The molecule has 0 amide bonds. The standard InChI is InChI=1S/C20H22N4O/c1-2-24(14-16-8-6-12-25-16)20-17-9-3-4-10-18(17)22-19(23-20)15-7-5-11-21-13-15/h3-5,7,9-11,13,16H,2,6,8,12,14H2,1H3. The average molecular weight is 334 g/mol. The van der Waals surface area contributed by atoms with Gasteiger partial charge in [-0.1, -0.05) is 12.1 Å². The number of benzene rings is 1. The molecule has 3 aromatic rings. The van der Waals surface area contributed by atoms with Crippen LogP contribution in [-0.2, 0) is 4.74 Å². The van der Waals surface area contributed by atoms with Crippen molar-refractivity contribution in [1.82, 2.24) is 15.0 Å². The van der Waals surface area contributed by atoms with Crippen LogP contribution in [0.25, 0.3) is 22.3 Å². The summed E-state index contributed by atoms with van der Waals surface area (Å²) in [5.41, 5.74) is 1.89. The van der Waals surface area contributed by atoms with Crippen molar-refractivity contribution >= 4 is 16.7 Å². The van der Waals surface area contributed by atoms with Gasteiger partial charge in [0.15, 0.2) is 5.82 Å². The first-order valence-electron chi connectivity index (χ1n) is 8.89. The van der Waals surface area contributed by atoms with E-state index >= 15 is 0 Å². The third-order valence-electron chi connectivity index (χ3n) is 4.63. The van der Waals surface area contributed by atoms with Gasteiger partial charge in [0.05, 0.1) is 11.6 Å². The Labute approximate surface area is 147 Å². The molecule has 5 nitrogen and oxygen atoms in total. The van der Waals surface area contributed by atoms with Gasteiger partial charge in [-0.2, -0.15) is 0 Å². The zero-order valence-electron chi connectivity index (χ0n) is 14.4. The number of pyridine rings is 1. The summed E-state index contributed by atoms with van der Waals surface area (Å²) in [7, 11) is 0. The smallest absolute Gasteiger partial charge is 0.163 e. The fourth-order valence-electron chi connectivity index (χ4n) is 3.32. The van der Waals surface area contributed by atoms with Crippen LogP contribution in [0, 0.1) is 0 Å². The molecule has 0 radical (unpaired) electrons. The second-order valence-corrected chi connectivity index (χ2v) is 6.30. The quantitative estimate of drug-likeness (QED) is 0.712. The lowest BCUT2D eigenvalue weighted by molar-refractivity contribution is 0.115. The number of fused-ring (bicyclic) bond motifs is 1. The monoisotopic (exact) mass is 334 g/mol. The molecular weight excluding hydrogens is 312 g/mol. The van der Waals surface area contributed by atoms with Gasteiger partial charge in [0, 0.05) is 43.0 Å². The molecule has 5 heteroatoms. The summed E-state index contributed by atoms with van der Waals surface area (Å²) >= 11 is 0. The van der Waals surface area contributed by atoms with Crippen molar-refractivity contribution in [3.8, 4) is 11.4 Å². The predicted molar refractivity (Wildman–Crippen MR) is 99.6 cm³/mol. The molecule has 25 heavy (non-hydrogen) atoms. The maximum absolute atomic E-state index is 5.84. The summed E-state index contributed by atoms with van der Waals surface area (Å²) in [5.74, 6) is 1.69. The number of rotatable bonds is 5. The molecule has 0 aliphatic carbocycles. The number of anilines is 1. The fourth-order valence-corrected chi connectivity index (χ4v) is 3.32. The van der Waals surface area contributed by atoms with Gasteiger partial charge in [-0.3, -0.25) is 4.98 Å². The largest absolute Gasteiger partial charge is 0.376 e. The van der Waals surface area contributed by atoms with Crippen LogP contribution < -0.4 is 4.90 Å². The molecule has 0 spiro atoms. The van der Waals surface area contributed by atoms with E-state index in [9.17, 15) is 0 Å². The van der Waals surface area contributed by atoms with Gasteiger partial charge in [0.25, 0.3) is 0 Å². The second-order valence-electron chi connectivity index (χ2n) is 6.30. The molecule has 0 bridgehead atoms. The Bertz CT molecular complexity index is 847. The van der Waals surface area contributed by atoms with Crippen LogP contribution in [0.4, 0.5) is 5.82 Å². The van der Waals surface area contributed by atoms with Gasteiger partial charge < -0.3 is 9.64 Å². The van der Waals surface area contributed by atoms with E-state index in [1.165, 1.54) is 0 Å². The summed E-state index contributed by atoms with van der Waals surface area (Å²) < 4.78 is 5.84. The lowest BCUT2D eigenvalue weighted by Gasteiger charge is -2.26. The summed E-state index contributed by atoms with van der Waals surface area (Å²) in [4.78, 5) is 16.2. The van der Waals surface area contributed by atoms with E-state index in [0.717, 1.165) is 54.8 Å². The highest BCUT2D eigenvalue weighted by Gasteiger charge is 2.21. The molecule has 1 unspecified atom stereocenters. The number of ether oxygens (including phenoxy) is 1. The van der Waals surface area contributed by atoms with Crippen LogP contribution in [0.3, 0.4) is 0 Å². The molecule has 128 valence electrons. The van der Waals surface area contributed by atoms with Gasteiger partial charge in [-0.15, -0.1) is 0 Å². The zero-order chi connectivity index (χ0) is 17.1. The molecule has 1 aliphatic rings. The Morgan fingerprint density at radius 3 is 2.84 bits per heavy atom. The highest BCUT2D eigenvalue weighted by Crippen LogP contribution is 2.28. The topological polar surface area (TPSA) is 51.1 Å². The number of nitrogens with zero attached hydrogens (tertiary/aromatic N) is 4. The van der Waals surface area contributed by atoms with Crippen molar-refractivity contribution in [2.75, 3.05) is 24.6 Å². The number of hydrogen-bond donors (Lipinski definition) is 0. The van der Waals surface area contributed by atoms with E-state index in [1.807, 2.05) is 36.5 Å². The number of para-hydroxylation sites is 1. The van der Waals surface area contributed by atoms with Crippen molar-refractivity contribution in [3.63, 3.8) is 0 Å². The highest BCUT2D eigenvalue weighted by molar-refractivity contribution is 5.91. The van der Waals surface area contributed by atoms with E-state index in [4.69, 9.17) is 14.7 Å². The van der Waals surface area contributed by atoms with Gasteiger partial charge >= 0.3 is 0 Å². The molecule has 0 saturated carbocycles. The van der Waals surface area contributed by atoms with E-state index in [-0.39, 0.29) is 6.10 Å². The van der Waals surface area contributed by atoms with Gasteiger partial charge in [-0.05, 0) is 44.0 Å². The lowest BCUT2D eigenvalue weighted by Crippen LogP contribution is -2.33. The zero-order valence-corrected chi connectivity index (χ0v) is 14.4. The summed E-state index contributed by atoms with van der Waals surface area (Å²) in [6.45, 7) is 4.78. The van der Waals surface area contributed by atoms with Crippen molar-refractivity contribution in [2.45, 2.75) is 25.9 Å². The fraction of sp³-hybridized carbons (Fsp3) is 0.350. The van der Waals surface area contributed by atoms with Crippen molar-refractivity contribution in [3.05, 3.63) is 48.8 Å². The Morgan fingerprint density at radius 2 is 2.08 bits per heavy atom. The molecule has 4 rings (SSSR count). The lowest BCUT2D eigenvalue weighted by atomic mass is 10.1. The summed E-state index contributed by atoms with van der Waals surface area (Å²) in [6, 6.07) is 12.1. The molecule has 1 aliphatic heterocycles. The summed E-state index contributed by atoms with van der Waals surface area (Å²) in [5, 5.41) is 1.08. The molecule has 1 atom stereocenters. The maximum atomic E-state index is 5.84. The van der Waals surface area contributed by atoms with Crippen molar-refractivity contribution in [1.29, 1.82) is 0 Å². The van der Waals surface area contributed by atoms with E-state index in [1.54, 1.807) is 6.20 Å². The van der Waals surface area contributed by atoms with Gasteiger partial charge in [0.2, 0.25) is 0 Å². The molecule has 1 fully saturated rings. The van der Waals surface area contributed by atoms with Crippen molar-refractivity contribution < 1.29 is 4.74 Å². The second kappa shape index (κ2) is 7.15. The van der Waals surface area contributed by atoms with Crippen LogP contribution in [-0.4, -0.2) is 40.8 Å². The normalized spacial score (nSPS) is 17.1. The van der Waals surface area contributed by atoms with Crippen LogP contribution in [0.5, 0.6) is 0 Å². The Morgan fingerprint density at radius 1 is 1.16 bits per heavy atom. The minimum atomic E-state index is 0.288. The molecule has 3 heterocycles. The van der Waals surface area contributed by atoms with Crippen LogP contribution in [0.15, 0.2) is 48.8 Å². The van der Waals surface area contributed by atoms with Crippen LogP contribution in [0.2, 0.25) is 0 Å². The average Bonchev–Trinajstić information content (AvgIpc) is 3.19. The van der Waals surface area contributed by atoms with E-state index in [0.29, 0.717) is 5.82 Å². The first kappa shape index (κ1) is 16.0. The molecular formula is C20H22N4O. The third kappa shape index (κ3) is 3.33. The Balaban J connectivity index is 1.79. The Hall–Kier alpha value is -2.53. The number of hydrogen-bond acceptors (Lipinski definition) is 5. The maximum Gasteiger partial charge on any atom is 0.163 e. The molecule has 0 N–H and O–H groups in total. The minimum absolute atomic E-state index is 0.288. The highest BCUT2D eigenvalue weighted by atomic mass is 16.5. The molecule has 2 aromatic heterocycles. The van der Waals surface area contributed by atoms with Crippen LogP contribution >= 0.6 is 0 Å². The van der Waals surface area contributed by atoms with E-state index in [2.05, 4.69) is 22.9 Å². The van der Waals surface area contributed by atoms with Gasteiger partial charge in [0.1, 0.15) is 5.82 Å². The summed E-state index contributed by atoms with van der Waals surface area (Å²) in [6.07, 6.45) is 6.13. The molecule has 1 aromatic carbocycles. The SMILES string of the molecule is CCN(CC1CCCO1)c1nc(-c2cccnc2)nc2ccccc12. The predicted octanol–water partition coefficient (Wildman–Crippen LogP) is 3.70. The number of likely N-dealkylation sites (N-methyl/N-ethyl adjacent to an activating group) is 1.